The zero-order valence-corrected chi connectivity index (χ0v) is 12.8. The number of hydrogen-bond acceptors (Lipinski definition) is 2. The Balaban J connectivity index is 1.49. The Hall–Kier alpha value is -1.80. The van der Waals surface area contributed by atoms with Crippen molar-refractivity contribution in [2.75, 3.05) is 7.11 Å². The zero-order chi connectivity index (χ0) is 14.7. The molecule has 0 bridgehead atoms. The van der Waals surface area contributed by atoms with E-state index in [0.29, 0.717) is 6.04 Å². The first-order valence-corrected chi connectivity index (χ1v) is 7.67. The molecule has 3 rings (SSSR count). The molecular formula is C19H23NO. The molecule has 2 heteroatoms. The van der Waals surface area contributed by atoms with Crippen molar-refractivity contribution in [1.29, 1.82) is 0 Å². The molecule has 0 unspecified atom stereocenters. The predicted octanol–water partition coefficient (Wildman–Crippen LogP) is 4.04. The van der Waals surface area contributed by atoms with Crippen molar-refractivity contribution >= 4 is 0 Å². The normalized spacial score (nSPS) is 20.9. The molecule has 1 aliphatic carbocycles. The number of nitrogens with one attached hydrogen (secondary N) is 1. The van der Waals surface area contributed by atoms with Gasteiger partial charge in [-0.1, -0.05) is 42.0 Å². The van der Waals surface area contributed by atoms with E-state index in [-0.39, 0.29) is 0 Å². The van der Waals surface area contributed by atoms with E-state index in [1.54, 1.807) is 7.11 Å². The summed E-state index contributed by atoms with van der Waals surface area (Å²) in [7, 11) is 1.71. The van der Waals surface area contributed by atoms with Crippen LogP contribution in [0, 0.1) is 6.92 Å². The summed E-state index contributed by atoms with van der Waals surface area (Å²) in [6.07, 6.45) is 2.49. The second-order valence-corrected chi connectivity index (χ2v) is 6.01. The minimum atomic E-state index is 0.640. The van der Waals surface area contributed by atoms with Crippen molar-refractivity contribution in [2.45, 2.75) is 38.3 Å². The Labute approximate surface area is 127 Å². The van der Waals surface area contributed by atoms with Gasteiger partial charge in [0.2, 0.25) is 0 Å². The predicted molar refractivity (Wildman–Crippen MR) is 86.8 cm³/mol. The molecule has 0 spiro atoms. The van der Waals surface area contributed by atoms with Crippen LogP contribution >= 0.6 is 0 Å². The fraction of sp³-hybridized carbons (Fsp3) is 0.368. The third-order valence-corrected chi connectivity index (χ3v) is 4.38. The van der Waals surface area contributed by atoms with Gasteiger partial charge in [-0.25, -0.2) is 0 Å². The van der Waals surface area contributed by atoms with Gasteiger partial charge in [0.1, 0.15) is 5.75 Å². The molecule has 2 nitrogen and oxygen atoms in total. The molecule has 0 heterocycles. The van der Waals surface area contributed by atoms with E-state index >= 15 is 0 Å². The maximum absolute atomic E-state index is 5.26. The third-order valence-electron chi connectivity index (χ3n) is 4.38. The highest BCUT2D eigenvalue weighted by molar-refractivity contribution is 5.29. The SMILES string of the molecule is COc1cccc(CNC2CC(c3cccc(C)c3)C2)c1. The van der Waals surface area contributed by atoms with Gasteiger partial charge in [0.05, 0.1) is 7.11 Å². The number of aryl methyl sites for hydroxylation is 1. The van der Waals surface area contributed by atoms with Crippen molar-refractivity contribution in [3.8, 4) is 5.75 Å². The largest absolute Gasteiger partial charge is 0.497 e. The molecule has 2 aromatic rings. The number of rotatable bonds is 5. The van der Waals surface area contributed by atoms with Crippen molar-refractivity contribution in [2.24, 2.45) is 0 Å². The van der Waals surface area contributed by atoms with Gasteiger partial charge < -0.3 is 10.1 Å². The summed E-state index contributed by atoms with van der Waals surface area (Å²) < 4.78 is 5.26. The smallest absolute Gasteiger partial charge is 0.119 e. The highest BCUT2D eigenvalue weighted by Gasteiger charge is 2.29. The van der Waals surface area contributed by atoms with Crippen molar-refractivity contribution < 1.29 is 4.74 Å². The van der Waals surface area contributed by atoms with Crippen molar-refractivity contribution in [3.05, 3.63) is 65.2 Å². The lowest BCUT2D eigenvalue weighted by atomic mass is 9.75. The van der Waals surface area contributed by atoms with Gasteiger partial charge in [0.25, 0.3) is 0 Å². The topological polar surface area (TPSA) is 21.3 Å². The van der Waals surface area contributed by atoms with Gasteiger partial charge in [0.15, 0.2) is 0 Å². The quantitative estimate of drug-likeness (QED) is 0.893. The van der Waals surface area contributed by atoms with Crippen LogP contribution in [0.4, 0.5) is 0 Å². The van der Waals surface area contributed by atoms with Crippen LogP contribution in [0.25, 0.3) is 0 Å². The molecule has 0 aromatic heterocycles. The fourth-order valence-electron chi connectivity index (χ4n) is 3.03. The minimum absolute atomic E-state index is 0.640. The summed E-state index contributed by atoms with van der Waals surface area (Å²) in [5.41, 5.74) is 4.14. The summed E-state index contributed by atoms with van der Waals surface area (Å²) in [5.74, 6) is 1.66. The number of hydrogen-bond donors (Lipinski definition) is 1. The van der Waals surface area contributed by atoms with Crippen LogP contribution in [0.15, 0.2) is 48.5 Å². The van der Waals surface area contributed by atoms with Crippen LogP contribution in [0.5, 0.6) is 5.75 Å². The van der Waals surface area contributed by atoms with E-state index in [1.165, 1.54) is 29.5 Å². The average molecular weight is 281 g/mol. The summed E-state index contributed by atoms with van der Waals surface area (Å²) >= 11 is 0. The molecule has 0 amide bonds. The molecule has 0 aliphatic heterocycles. The van der Waals surface area contributed by atoms with Crippen molar-refractivity contribution in [1.82, 2.24) is 5.32 Å². The van der Waals surface area contributed by atoms with Crippen LogP contribution in [0.1, 0.15) is 35.4 Å². The molecule has 0 saturated heterocycles. The molecule has 0 atom stereocenters. The fourth-order valence-corrected chi connectivity index (χ4v) is 3.03. The molecule has 1 aliphatic rings. The van der Waals surface area contributed by atoms with Gasteiger partial charge in [-0.05, 0) is 48.9 Å². The first-order valence-electron chi connectivity index (χ1n) is 7.67. The molecule has 1 saturated carbocycles. The Morgan fingerprint density at radius 2 is 1.90 bits per heavy atom. The van der Waals surface area contributed by atoms with E-state index < -0.39 is 0 Å². The average Bonchev–Trinajstić information content (AvgIpc) is 2.46. The highest BCUT2D eigenvalue weighted by atomic mass is 16.5. The van der Waals surface area contributed by atoms with Crippen LogP contribution in [0.3, 0.4) is 0 Å². The van der Waals surface area contributed by atoms with E-state index in [9.17, 15) is 0 Å². The molecule has 110 valence electrons. The molecule has 2 aromatic carbocycles. The van der Waals surface area contributed by atoms with Gasteiger partial charge in [0, 0.05) is 12.6 Å². The number of ether oxygens (including phenoxy) is 1. The molecule has 1 fully saturated rings. The first-order chi connectivity index (χ1) is 10.2. The molecule has 1 N–H and O–H groups in total. The molecule has 21 heavy (non-hydrogen) atoms. The standard InChI is InChI=1S/C19H23NO/c1-14-5-3-7-16(9-14)17-11-18(12-17)20-13-15-6-4-8-19(10-15)21-2/h3-10,17-18,20H,11-13H2,1-2H3. The summed E-state index contributed by atoms with van der Waals surface area (Å²) in [6.45, 7) is 3.09. The van der Waals surface area contributed by atoms with E-state index in [4.69, 9.17) is 4.74 Å². The van der Waals surface area contributed by atoms with Gasteiger partial charge in [-0.3, -0.25) is 0 Å². The van der Waals surface area contributed by atoms with Crippen LogP contribution in [-0.2, 0) is 6.54 Å². The Bertz CT molecular complexity index is 602. The van der Waals surface area contributed by atoms with Gasteiger partial charge >= 0.3 is 0 Å². The lowest BCUT2D eigenvalue weighted by Gasteiger charge is -2.36. The first kappa shape index (κ1) is 14.2. The van der Waals surface area contributed by atoms with Gasteiger partial charge in [-0.2, -0.15) is 0 Å². The second-order valence-electron chi connectivity index (χ2n) is 6.01. The Morgan fingerprint density at radius 1 is 1.10 bits per heavy atom. The number of benzene rings is 2. The molecule has 0 radical (unpaired) electrons. The number of methoxy groups -OCH3 is 1. The van der Waals surface area contributed by atoms with Gasteiger partial charge in [-0.15, -0.1) is 0 Å². The van der Waals surface area contributed by atoms with Crippen molar-refractivity contribution in [3.63, 3.8) is 0 Å². The lowest BCUT2D eigenvalue weighted by Crippen LogP contribution is -2.39. The summed E-state index contributed by atoms with van der Waals surface area (Å²) in [6, 6.07) is 17.8. The molecular weight excluding hydrogens is 258 g/mol. The van der Waals surface area contributed by atoms with E-state index in [2.05, 4.69) is 48.6 Å². The maximum atomic E-state index is 5.26. The van der Waals surface area contributed by atoms with Crippen LogP contribution in [0.2, 0.25) is 0 Å². The summed E-state index contributed by atoms with van der Waals surface area (Å²) in [4.78, 5) is 0. The Kier molecular flexibility index (Phi) is 4.26. The summed E-state index contributed by atoms with van der Waals surface area (Å²) in [5, 5.41) is 3.65. The van der Waals surface area contributed by atoms with E-state index in [0.717, 1.165) is 18.2 Å². The monoisotopic (exact) mass is 281 g/mol. The highest BCUT2D eigenvalue weighted by Crippen LogP contribution is 2.37. The lowest BCUT2D eigenvalue weighted by molar-refractivity contribution is 0.289. The zero-order valence-electron chi connectivity index (χ0n) is 12.8. The third kappa shape index (κ3) is 3.45. The Morgan fingerprint density at radius 3 is 2.67 bits per heavy atom. The van der Waals surface area contributed by atoms with E-state index in [1.807, 2.05) is 12.1 Å². The second kappa shape index (κ2) is 6.31. The minimum Gasteiger partial charge on any atom is -0.497 e. The maximum Gasteiger partial charge on any atom is 0.119 e. The van der Waals surface area contributed by atoms with Crippen LogP contribution < -0.4 is 10.1 Å². The van der Waals surface area contributed by atoms with Crippen LogP contribution in [-0.4, -0.2) is 13.2 Å².